The Labute approximate surface area is 246 Å². The highest BCUT2D eigenvalue weighted by atomic mass is 127. The first-order chi connectivity index (χ1) is 18.6. The number of methoxy groups -OCH3 is 1. The highest BCUT2D eigenvalue weighted by molar-refractivity contribution is 14.1. The number of amides is 2. The van der Waals surface area contributed by atoms with Gasteiger partial charge < -0.3 is 29.9 Å². The van der Waals surface area contributed by atoms with Crippen molar-refractivity contribution in [2.75, 3.05) is 20.3 Å². The summed E-state index contributed by atoms with van der Waals surface area (Å²) in [5.74, 6) is -0.435. The van der Waals surface area contributed by atoms with Gasteiger partial charge in [0.05, 0.1) is 23.3 Å². The van der Waals surface area contributed by atoms with Gasteiger partial charge >= 0.3 is 0 Å². The molecule has 0 aliphatic heterocycles. The highest BCUT2D eigenvalue weighted by Gasteiger charge is 2.41. The number of aldehydes is 1. The van der Waals surface area contributed by atoms with Crippen molar-refractivity contribution in [3.8, 4) is 11.5 Å². The Hall–Kier alpha value is -2.67. The minimum atomic E-state index is -1.21. The molecule has 0 fully saturated rings. The van der Waals surface area contributed by atoms with E-state index in [9.17, 15) is 24.6 Å². The summed E-state index contributed by atoms with van der Waals surface area (Å²) in [7, 11) is 1.44. The predicted octanol–water partition coefficient (Wildman–Crippen LogP) is 3.37. The SMILES string of the molecule is COc1cc(C=O)cc(I)c1O[C@H]1C=C(C(=O)NCCO)C[C@@H](N(Cc2ccc(Cl)cc2)C(=O)C(C)C)[C@@H]1O. The van der Waals surface area contributed by atoms with Gasteiger partial charge in [0.2, 0.25) is 11.8 Å². The van der Waals surface area contributed by atoms with E-state index in [1.807, 2.05) is 22.6 Å². The van der Waals surface area contributed by atoms with Crippen molar-refractivity contribution in [3.05, 3.63) is 67.8 Å². The number of ether oxygens (including phenoxy) is 2. The number of hydrogen-bond donors (Lipinski definition) is 3. The van der Waals surface area contributed by atoms with Crippen molar-refractivity contribution >= 4 is 52.3 Å². The van der Waals surface area contributed by atoms with Gasteiger partial charge in [0.15, 0.2) is 11.5 Å². The number of aliphatic hydroxyl groups excluding tert-OH is 2. The first-order valence-corrected chi connectivity index (χ1v) is 13.9. The number of carbonyl (C=O) groups is 3. The molecule has 0 radical (unpaired) electrons. The molecule has 2 aromatic rings. The first-order valence-electron chi connectivity index (χ1n) is 12.4. The van der Waals surface area contributed by atoms with Crippen molar-refractivity contribution < 1.29 is 34.1 Å². The Morgan fingerprint density at radius 3 is 2.54 bits per heavy atom. The molecule has 0 bridgehead atoms. The zero-order chi connectivity index (χ0) is 28.7. The van der Waals surface area contributed by atoms with E-state index in [4.69, 9.17) is 21.1 Å². The van der Waals surface area contributed by atoms with Gasteiger partial charge in [-0.05, 0) is 58.5 Å². The minimum Gasteiger partial charge on any atom is -0.493 e. The summed E-state index contributed by atoms with van der Waals surface area (Å²) in [6.45, 7) is 3.54. The van der Waals surface area contributed by atoms with Gasteiger partial charge in [-0.2, -0.15) is 0 Å². The summed E-state index contributed by atoms with van der Waals surface area (Å²) in [5.41, 5.74) is 1.50. The fourth-order valence-electron chi connectivity index (χ4n) is 4.31. The second-order valence-corrected chi connectivity index (χ2v) is 11.0. The molecular weight excluding hydrogens is 639 g/mol. The van der Waals surface area contributed by atoms with Crippen LogP contribution in [0, 0.1) is 9.49 Å². The van der Waals surface area contributed by atoms with E-state index in [0.29, 0.717) is 31.8 Å². The van der Waals surface area contributed by atoms with E-state index >= 15 is 0 Å². The summed E-state index contributed by atoms with van der Waals surface area (Å²) in [5, 5.41) is 24.0. The third-order valence-corrected chi connectivity index (χ3v) is 7.35. The number of nitrogens with one attached hydrogen (secondary N) is 1. The molecule has 0 aromatic heterocycles. The largest absolute Gasteiger partial charge is 0.493 e. The maximum Gasteiger partial charge on any atom is 0.247 e. The molecule has 3 N–H and O–H groups in total. The van der Waals surface area contributed by atoms with Crippen LogP contribution in [0.2, 0.25) is 5.02 Å². The number of nitrogens with zero attached hydrogens (tertiary/aromatic N) is 1. The second-order valence-electron chi connectivity index (χ2n) is 9.42. The second kappa shape index (κ2) is 14.1. The van der Waals surface area contributed by atoms with Crippen LogP contribution >= 0.6 is 34.2 Å². The first kappa shape index (κ1) is 30.9. The highest BCUT2D eigenvalue weighted by Crippen LogP contribution is 2.37. The summed E-state index contributed by atoms with van der Waals surface area (Å²) in [4.78, 5) is 39.3. The standard InChI is InChI=1S/C28H32ClIN2O7/c1-16(2)28(37)32(14-17-4-6-20(29)7-5-17)22-12-19(27(36)31-8-9-33)13-23(25(22)35)39-26-21(30)10-18(15-34)11-24(26)38-3/h4-7,10-11,13,15-16,22-23,25,33,35H,8-9,12,14H2,1-3H3,(H,31,36)/t22-,23+,25+/m1/s1. The molecule has 1 aliphatic carbocycles. The Kier molecular flexibility index (Phi) is 11.2. The fraction of sp³-hybridized carbons (Fsp3) is 0.393. The van der Waals surface area contributed by atoms with Crippen LogP contribution in [0.3, 0.4) is 0 Å². The molecule has 0 saturated heterocycles. The van der Waals surface area contributed by atoms with E-state index in [-0.39, 0.29) is 43.7 Å². The molecule has 39 heavy (non-hydrogen) atoms. The van der Waals surface area contributed by atoms with E-state index in [1.165, 1.54) is 19.3 Å². The predicted molar refractivity (Wildman–Crippen MR) is 155 cm³/mol. The summed E-state index contributed by atoms with van der Waals surface area (Å²) < 4.78 is 12.2. The van der Waals surface area contributed by atoms with Crippen molar-refractivity contribution in [2.24, 2.45) is 5.92 Å². The maximum atomic E-state index is 13.4. The molecule has 0 saturated carbocycles. The molecule has 2 aromatic carbocycles. The Morgan fingerprint density at radius 1 is 1.26 bits per heavy atom. The molecule has 9 nitrogen and oxygen atoms in total. The fourth-order valence-corrected chi connectivity index (χ4v) is 5.19. The van der Waals surface area contributed by atoms with Crippen LogP contribution in [-0.4, -0.2) is 71.7 Å². The van der Waals surface area contributed by atoms with E-state index in [1.54, 1.807) is 49.1 Å². The molecule has 2 amide bonds. The van der Waals surface area contributed by atoms with Gasteiger partial charge in [0, 0.05) is 41.6 Å². The van der Waals surface area contributed by atoms with E-state index < -0.39 is 24.2 Å². The van der Waals surface area contributed by atoms with Crippen LogP contribution in [0.5, 0.6) is 11.5 Å². The topological polar surface area (TPSA) is 125 Å². The molecule has 210 valence electrons. The zero-order valence-corrected chi connectivity index (χ0v) is 24.8. The minimum absolute atomic E-state index is 0.0488. The Bertz CT molecular complexity index is 1220. The van der Waals surface area contributed by atoms with E-state index in [2.05, 4.69) is 5.32 Å². The van der Waals surface area contributed by atoms with Gasteiger partial charge in [-0.15, -0.1) is 0 Å². The van der Waals surface area contributed by atoms with E-state index in [0.717, 1.165) is 5.56 Å². The third kappa shape index (κ3) is 7.71. The number of aliphatic hydroxyl groups is 2. The molecule has 1 aliphatic rings. The lowest BCUT2D eigenvalue weighted by molar-refractivity contribution is -0.142. The van der Waals surface area contributed by atoms with Gasteiger partial charge in [0.25, 0.3) is 0 Å². The van der Waals surface area contributed by atoms with Crippen molar-refractivity contribution in [1.82, 2.24) is 10.2 Å². The summed E-state index contributed by atoms with van der Waals surface area (Å²) >= 11 is 8.05. The summed E-state index contributed by atoms with van der Waals surface area (Å²) in [6, 6.07) is 9.39. The average molecular weight is 671 g/mol. The van der Waals surface area contributed by atoms with Crippen LogP contribution in [-0.2, 0) is 16.1 Å². The van der Waals surface area contributed by atoms with Crippen LogP contribution in [0.1, 0.15) is 36.2 Å². The van der Waals surface area contributed by atoms with Crippen LogP contribution < -0.4 is 14.8 Å². The number of hydrogen-bond acceptors (Lipinski definition) is 7. The van der Waals surface area contributed by atoms with Crippen molar-refractivity contribution in [1.29, 1.82) is 0 Å². The zero-order valence-electron chi connectivity index (χ0n) is 21.9. The van der Waals surface area contributed by atoms with Gasteiger partial charge in [-0.25, -0.2) is 0 Å². The molecule has 0 heterocycles. The Morgan fingerprint density at radius 2 is 1.95 bits per heavy atom. The molecule has 0 spiro atoms. The van der Waals surface area contributed by atoms with Crippen molar-refractivity contribution in [3.63, 3.8) is 0 Å². The van der Waals surface area contributed by atoms with Gasteiger partial charge in [-0.3, -0.25) is 14.4 Å². The molecule has 11 heteroatoms. The smallest absolute Gasteiger partial charge is 0.247 e. The molecule has 0 unspecified atom stereocenters. The lowest BCUT2D eigenvalue weighted by Crippen LogP contribution is -2.55. The lowest BCUT2D eigenvalue weighted by atomic mass is 9.87. The van der Waals surface area contributed by atoms with Crippen LogP contribution in [0.25, 0.3) is 0 Å². The number of halogens is 2. The molecular formula is C28H32ClIN2O7. The lowest BCUT2D eigenvalue weighted by Gasteiger charge is -2.41. The third-order valence-electron chi connectivity index (χ3n) is 6.30. The van der Waals surface area contributed by atoms with Crippen LogP contribution in [0.15, 0.2) is 48.0 Å². The molecule has 3 atom stereocenters. The Balaban J connectivity index is 2.04. The average Bonchev–Trinajstić information content (AvgIpc) is 2.92. The van der Waals surface area contributed by atoms with Crippen molar-refractivity contribution in [2.45, 2.75) is 45.1 Å². The number of rotatable bonds is 11. The number of benzene rings is 2. The maximum absolute atomic E-state index is 13.4. The molecule has 3 rings (SSSR count). The number of carbonyl (C=O) groups excluding carboxylic acids is 3. The normalized spacial score (nSPS) is 18.8. The van der Waals surface area contributed by atoms with Gasteiger partial charge in [-0.1, -0.05) is 37.6 Å². The quantitative estimate of drug-likeness (QED) is 0.247. The van der Waals surface area contributed by atoms with Gasteiger partial charge in [0.1, 0.15) is 18.5 Å². The summed E-state index contributed by atoms with van der Waals surface area (Å²) in [6.07, 6.45) is 0.0479. The monoisotopic (exact) mass is 670 g/mol. The van der Waals surface area contributed by atoms with Crippen LogP contribution in [0.4, 0.5) is 0 Å².